The van der Waals surface area contributed by atoms with Crippen molar-refractivity contribution in [1.29, 1.82) is 0 Å². The Balaban J connectivity index is 2.67. The molecule has 4 nitrogen and oxygen atoms in total. The predicted octanol–water partition coefficient (Wildman–Crippen LogP) is 2.10. The summed E-state index contributed by atoms with van der Waals surface area (Å²) in [5.74, 6) is 0.612. The zero-order chi connectivity index (χ0) is 12.2. The Kier molecular flexibility index (Phi) is 1.90. The summed E-state index contributed by atoms with van der Waals surface area (Å²) in [6.07, 6.45) is 0. The molecule has 0 aliphatic carbocycles. The van der Waals surface area contributed by atoms with Crippen LogP contribution in [-0.4, -0.2) is 14.4 Å². The standard InChI is InChI=1S/C13H13N3O/c1-7-4-5-11-10(6-7)12(17)15-13-14-8(2)9(3)16(11)13/h4-6H,1-3H3,(H,14,15,17). The lowest BCUT2D eigenvalue weighted by Crippen LogP contribution is -2.10. The van der Waals surface area contributed by atoms with Gasteiger partial charge in [0.15, 0.2) is 0 Å². The first-order chi connectivity index (χ1) is 8.08. The third-order valence-electron chi connectivity index (χ3n) is 3.21. The van der Waals surface area contributed by atoms with Crippen LogP contribution in [0.3, 0.4) is 0 Å². The van der Waals surface area contributed by atoms with E-state index in [0.29, 0.717) is 11.2 Å². The van der Waals surface area contributed by atoms with Gasteiger partial charge in [-0.3, -0.25) is 14.2 Å². The molecule has 1 N–H and O–H groups in total. The molecule has 17 heavy (non-hydrogen) atoms. The summed E-state index contributed by atoms with van der Waals surface area (Å²) in [6, 6.07) is 5.89. The third-order valence-corrected chi connectivity index (χ3v) is 3.21. The van der Waals surface area contributed by atoms with Gasteiger partial charge in [0.05, 0.1) is 16.6 Å². The number of nitrogens with zero attached hydrogens (tertiary/aromatic N) is 2. The van der Waals surface area contributed by atoms with Crippen molar-refractivity contribution in [2.45, 2.75) is 20.8 Å². The smallest absolute Gasteiger partial charge is 0.260 e. The van der Waals surface area contributed by atoms with E-state index in [2.05, 4.69) is 9.97 Å². The predicted molar refractivity (Wildman–Crippen MR) is 67.5 cm³/mol. The molecule has 0 saturated heterocycles. The van der Waals surface area contributed by atoms with Crippen molar-refractivity contribution < 1.29 is 0 Å². The van der Waals surface area contributed by atoms with Crippen LogP contribution >= 0.6 is 0 Å². The van der Waals surface area contributed by atoms with Crippen LogP contribution in [0.5, 0.6) is 0 Å². The SMILES string of the molecule is Cc1ccc2c(c1)c(=O)[nH]c1nc(C)c(C)n12. The maximum Gasteiger partial charge on any atom is 0.260 e. The number of H-pyrrole nitrogens is 1. The van der Waals surface area contributed by atoms with E-state index in [9.17, 15) is 4.79 Å². The second-order valence-corrected chi connectivity index (χ2v) is 4.42. The number of aromatic nitrogens is 3. The summed E-state index contributed by atoms with van der Waals surface area (Å²) in [7, 11) is 0. The van der Waals surface area contributed by atoms with E-state index in [1.807, 2.05) is 43.4 Å². The molecule has 0 atom stereocenters. The minimum Gasteiger partial charge on any atom is -0.291 e. The molecule has 0 unspecified atom stereocenters. The number of aromatic amines is 1. The highest BCUT2D eigenvalue weighted by atomic mass is 16.1. The molecule has 1 aromatic carbocycles. The van der Waals surface area contributed by atoms with Crippen molar-refractivity contribution in [3.63, 3.8) is 0 Å². The van der Waals surface area contributed by atoms with E-state index in [1.54, 1.807) is 0 Å². The van der Waals surface area contributed by atoms with Gasteiger partial charge in [-0.1, -0.05) is 11.6 Å². The van der Waals surface area contributed by atoms with Crippen LogP contribution < -0.4 is 5.56 Å². The number of rotatable bonds is 0. The van der Waals surface area contributed by atoms with Crippen LogP contribution in [0.4, 0.5) is 0 Å². The quantitative estimate of drug-likeness (QED) is 0.639. The van der Waals surface area contributed by atoms with Gasteiger partial charge < -0.3 is 0 Å². The molecule has 0 radical (unpaired) electrons. The Bertz CT molecular complexity index is 796. The molecule has 0 aliphatic heterocycles. The first kappa shape index (κ1) is 10.1. The van der Waals surface area contributed by atoms with Crippen LogP contribution in [0.2, 0.25) is 0 Å². The summed E-state index contributed by atoms with van der Waals surface area (Å²) in [4.78, 5) is 19.1. The molecule has 2 heterocycles. The molecule has 3 rings (SSSR count). The summed E-state index contributed by atoms with van der Waals surface area (Å²) >= 11 is 0. The fourth-order valence-corrected chi connectivity index (χ4v) is 2.18. The number of hydrogen-bond donors (Lipinski definition) is 1. The van der Waals surface area contributed by atoms with Gasteiger partial charge in [0, 0.05) is 5.69 Å². The van der Waals surface area contributed by atoms with Gasteiger partial charge in [-0.15, -0.1) is 0 Å². The minimum absolute atomic E-state index is 0.0822. The van der Waals surface area contributed by atoms with E-state index >= 15 is 0 Å². The molecule has 3 aromatic rings. The van der Waals surface area contributed by atoms with Gasteiger partial charge in [0.1, 0.15) is 0 Å². The van der Waals surface area contributed by atoms with Gasteiger partial charge >= 0.3 is 0 Å². The molecule has 0 bridgehead atoms. The first-order valence-corrected chi connectivity index (χ1v) is 5.56. The average Bonchev–Trinajstić information content (AvgIpc) is 2.55. The van der Waals surface area contributed by atoms with Gasteiger partial charge in [-0.05, 0) is 32.9 Å². The molecule has 0 saturated carbocycles. The summed E-state index contributed by atoms with van der Waals surface area (Å²) in [5, 5.41) is 0.706. The lowest BCUT2D eigenvalue weighted by atomic mass is 10.1. The highest BCUT2D eigenvalue weighted by Crippen LogP contribution is 2.17. The van der Waals surface area contributed by atoms with E-state index in [1.165, 1.54) is 0 Å². The molecule has 0 spiro atoms. The van der Waals surface area contributed by atoms with Gasteiger partial charge in [-0.2, -0.15) is 0 Å². The number of aryl methyl sites for hydroxylation is 3. The second kappa shape index (κ2) is 3.20. The molecule has 86 valence electrons. The molecule has 0 aliphatic rings. The van der Waals surface area contributed by atoms with Crippen LogP contribution in [-0.2, 0) is 0 Å². The van der Waals surface area contributed by atoms with Gasteiger partial charge in [0.25, 0.3) is 5.56 Å². The number of hydrogen-bond acceptors (Lipinski definition) is 2. The zero-order valence-corrected chi connectivity index (χ0v) is 10.0. The molecular weight excluding hydrogens is 214 g/mol. The fraction of sp³-hybridized carbons (Fsp3) is 0.231. The van der Waals surface area contributed by atoms with Crippen molar-refractivity contribution >= 4 is 16.7 Å². The first-order valence-electron chi connectivity index (χ1n) is 5.56. The Morgan fingerprint density at radius 3 is 2.76 bits per heavy atom. The Hall–Kier alpha value is -2.10. The lowest BCUT2D eigenvalue weighted by molar-refractivity contribution is 1.09. The molecule has 0 fully saturated rings. The topological polar surface area (TPSA) is 50.2 Å². The van der Waals surface area contributed by atoms with Crippen molar-refractivity contribution in [3.8, 4) is 0 Å². The highest BCUT2D eigenvalue weighted by Gasteiger charge is 2.10. The van der Waals surface area contributed by atoms with Gasteiger partial charge in [0.2, 0.25) is 5.78 Å². The second-order valence-electron chi connectivity index (χ2n) is 4.42. The van der Waals surface area contributed by atoms with Gasteiger partial charge in [-0.25, -0.2) is 4.98 Å². The number of benzene rings is 1. The van der Waals surface area contributed by atoms with Crippen LogP contribution in [0.1, 0.15) is 17.0 Å². The lowest BCUT2D eigenvalue weighted by Gasteiger charge is -2.04. The van der Waals surface area contributed by atoms with Crippen LogP contribution in [0, 0.1) is 20.8 Å². The van der Waals surface area contributed by atoms with Crippen LogP contribution in [0.15, 0.2) is 23.0 Å². The minimum atomic E-state index is -0.0822. The van der Waals surface area contributed by atoms with E-state index in [4.69, 9.17) is 0 Å². The number of fused-ring (bicyclic) bond motifs is 3. The van der Waals surface area contributed by atoms with Crippen molar-refractivity contribution in [3.05, 3.63) is 45.5 Å². The maximum atomic E-state index is 12.0. The Labute approximate surface area is 97.9 Å². The Morgan fingerprint density at radius 2 is 2.00 bits per heavy atom. The van der Waals surface area contributed by atoms with Crippen molar-refractivity contribution in [1.82, 2.24) is 14.4 Å². The summed E-state index contributed by atoms with van der Waals surface area (Å²) in [5.41, 5.74) is 3.91. The molecule has 0 amide bonds. The largest absolute Gasteiger partial charge is 0.291 e. The fourth-order valence-electron chi connectivity index (χ4n) is 2.18. The molecule has 2 aromatic heterocycles. The Morgan fingerprint density at radius 1 is 1.24 bits per heavy atom. The number of imidazole rings is 1. The summed E-state index contributed by atoms with van der Waals surface area (Å²) < 4.78 is 1.99. The average molecular weight is 227 g/mol. The van der Waals surface area contributed by atoms with Crippen molar-refractivity contribution in [2.24, 2.45) is 0 Å². The molecular formula is C13H13N3O. The monoisotopic (exact) mass is 227 g/mol. The summed E-state index contributed by atoms with van der Waals surface area (Å²) in [6.45, 7) is 5.93. The van der Waals surface area contributed by atoms with E-state index < -0.39 is 0 Å². The van der Waals surface area contributed by atoms with E-state index in [-0.39, 0.29) is 5.56 Å². The third kappa shape index (κ3) is 1.30. The maximum absolute atomic E-state index is 12.0. The highest BCUT2D eigenvalue weighted by molar-refractivity contribution is 5.81. The normalized spacial score (nSPS) is 11.5. The van der Waals surface area contributed by atoms with Crippen molar-refractivity contribution in [2.75, 3.05) is 0 Å². The van der Waals surface area contributed by atoms with E-state index in [0.717, 1.165) is 22.5 Å². The number of nitrogens with one attached hydrogen (secondary N) is 1. The zero-order valence-electron chi connectivity index (χ0n) is 10.0. The van der Waals surface area contributed by atoms with Crippen LogP contribution in [0.25, 0.3) is 16.7 Å². The molecule has 4 heteroatoms.